The SMILES string of the molecule is NC(=O)N(c1ccccc1)n1ccnc1.c1ccsc1. The molecule has 0 saturated heterocycles. The normalized spacial score (nSPS) is 9.40. The first kappa shape index (κ1) is 13.8. The molecule has 3 rings (SSSR count). The van der Waals surface area contributed by atoms with E-state index in [4.69, 9.17) is 5.73 Å². The summed E-state index contributed by atoms with van der Waals surface area (Å²) in [5.74, 6) is 0. The van der Waals surface area contributed by atoms with E-state index in [1.807, 2.05) is 41.1 Å². The number of carbonyl (C=O) groups is 1. The van der Waals surface area contributed by atoms with E-state index in [2.05, 4.69) is 4.98 Å². The molecular formula is C14H14N4OS. The molecular weight excluding hydrogens is 272 g/mol. The number of benzene rings is 1. The molecule has 0 radical (unpaired) electrons. The Morgan fingerprint density at radius 1 is 1.15 bits per heavy atom. The predicted molar refractivity (Wildman–Crippen MR) is 80.4 cm³/mol. The molecule has 0 spiro atoms. The molecule has 3 aromatic rings. The third kappa shape index (κ3) is 3.69. The first-order valence-corrected chi connectivity index (χ1v) is 6.83. The van der Waals surface area contributed by atoms with Crippen LogP contribution in [0.4, 0.5) is 10.5 Å². The van der Waals surface area contributed by atoms with E-state index >= 15 is 0 Å². The first-order chi connectivity index (χ1) is 9.79. The zero-order chi connectivity index (χ0) is 14.2. The zero-order valence-corrected chi connectivity index (χ0v) is 11.5. The van der Waals surface area contributed by atoms with E-state index in [1.165, 1.54) is 16.0 Å². The van der Waals surface area contributed by atoms with Crippen molar-refractivity contribution in [1.29, 1.82) is 0 Å². The Morgan fingerprint density at radius 3 is 2.30 bits per heavy atom. The molecule has 102 valence electrons. The van der Waals surface area contributed by atoms with E-state index < -0.39 is 6.03 Å². The Bertz CT molecular complexity index is 591. The van der Waals surface area contributed by atoms with E-state index in [9.17, 15) is 4.79 Å². The lowest BCUT2D eigenvalue weighted by Crippen LogP contribution is -2.39. The quantitative estimate of drug-likeness (QED) is 0.787. The second-order valence-corrected chi connectivity index (χ2v) is 4.54. The van der Waals surface area contributed by atoms with Gasteiger partial charge in [-0.3, -0.25) is 0 Å². The maximum absolute atomic E-state index is 11.3. The van der Waals surface area contributed by atoms with Crippen molar-refractivity contribution >= 4 is 23.1 Å². The van der Waals surface area contributed by atoms with Crippen molar-refractivity contribution in [3.63, 3.8) is 0 Å². The highest BCUT2D eigenvalue weighted by molar-refractivity contribution is 7.07. The Kier molecular flexibility index (Phi) is 4.91. The summed E-state index contributed by atoms with van der Waals surface area (Å²) >= 11 is 1.71. The summed E-state index contributed by atoms with van der Waals surface area (Å²) in [5, 5.41) is 5.41. The monoisotopic (exact) mass is 286 g/mol. The van der Waals surface area contributed by atoms with Gasteiger partial charge in [-0.1, -0.05) is 30.3 Å². The van der Waals surface area contributed by atoms with Crippen LogP contribution >= 0.6 is 11.3 Å². The Balaban J connectivity index is 0.000000247. The number of rotatable bonds is 2. The summed E-state index contributed by atoms with van der Waals surface area (Å²) in [6, 6.07) is 12.6. The number of anilines is 1. The summed E-state index contributed by atoms with van der Waals surface area (Å²) in [4.78, 5) is 15.2. The molecule has 2 amide bonds. The van der Waals surface area contributed by atoms with Crippen molar-refractivity contribution in [2.24, 2.45) is 5.73 Å². The van der Waals surface area contributed by atoms with Gasteiger partial charge in [-0.05, 0) is 22.9 Å². The predicted octanol–water partition coefficient (Wildman–Crippen LogP) is 2.98. The zero-order valence-electron chi connectivity index (χ0n) is 10.7. The van der Waals surface area contributed by atoms with Gasteiger partial charge in [0.2, 0.25) is 0 Å². The topological polar surface area (TPSA) is 64.2 Å². The van der Waals surface area contributed by atoms with E-state index in [-0.39, 0.29) is 0 Å². The molecule has 6 heteroatoms. The lowest BCUT2D eigenvalue weighted by Gasteiger charge is -2.20. The maximum atomic E-state index is 11.3. The fourth-order valence-corrected chi connectivity index (χ4v) is 1.99. The van der Waals surface area contributed by atoms with Crippen LogP contribution in [0.5, 0.6) is 0 Å². The van der Waals surface area contributed by atoms with Gasteiger partial charge in [-0.25, -0.2) is 14.5 Å². The second-order valence-electron chi connectivity index (χ2n) is 3.72. The van der Waals surface area contributed by atoms with Gasteiger partial charge in [0.1, 0.15) is 6.33 Å². The first-order valence-electron chi connectivity index (χ1n) is 5.89. The fourth-order valence-electron chi connectivity index (χ4n) is 1.54. The second kappa shape index (κ2) is 7.10. The minimum atomic E-state index is -0.556. The Labute approximate surface area is 120 Å². The van der Waals surface area contributed by atoms with Crippen LogP contribution < -0.4 is 10.7 Å². The van der Waals surface area contributed by atoms with Crippen molar-refractivity contribution in [3.8, 4) is 0 Å². The molecule has 0 saturated carbocycles. The smallest absolute Gasteiger partial charge is 0.338 e. The lowest BCUT2D eigenvalue weighted by atomic mass is 10.3. The van der Waals surface area contributed by atoms with Crippen molar-refractivity contribution in [2.45, 2.75) is 0 Å². The summed E-state index contributed by atoms with van der Waals surface area (Å²) < 4.78 is 1.53. The molecule has 2 N–H and O–H groups in total. The van der Waals surface area contributed by atoms with Crippen LogP contribution in [0.2, 0.25) is 0 Å². The standard InChI is InChI=1S/C10H10N4O.C4H4S/c11-10(15)14(13-7-6-12-8-13)9-4-2-1-3-5-9;1-2-4-5-3-1/h1-8H,(H2,11,15);1-4H. The number of urea groups is 1. The molecule has 0 aliphatic carbocycles. The molecule has 5 nitrogen and oxygen atoms in total. The summed E-state index contributed by atoms with van der Waals surface area (Å²) in [7, 11) is 0. The number of para-hydroxylation sites is 1. The highest BCUT2D eigenvalue weighted by Gasteiger charge is 2.12. The molecule has 0 unspecified atom stereocenters. The van der Waals surface area contributed by atoms with Gasteiger partial charge >= 0.3 is 6.03 Å². The average molecular weight is 286 g/mol. The molecule has 2 aromatic heterocycles. The van der Waals surface area contributed by atoms with Crippen LogP contribution in [0, 0.1) is 0 Å². The van der Waals surface area contributed by atoms with Crippen LogP contribution in [-0.2, 0) is 0 Å². The molecule has 2 heterocycles. The highest BCUT2D eigenvalue weighted by atomic mass is 32.1. The number of nitrogens with zero attached hydrogens (tertiary/aromatic N) is 3. The third-order valence-electron chi connectivity index (χ3n) is 2.36. The van der Waals surface area contributed by atoms with Crippen molar-refractivity contribution in [1.82, 2.24) is 9.66 Å². The van der Waals surface area contributed by atoms with Gasteiger partial charge in [0.05, 0.1) is 5.69 Å². The number of primary amides is 1. The van der Waals surface area contributed by atoms with Gasteiger partial charge in [-0.15, -0.1) is 0 Å². The van der Waals surface area contributed by atoms with E-state index in [0.29, 0.717) is 5.69 Å². The van der Waals surface area contributed by atoms with Crippen LogP contribution in [-0.4, -0.2) is 15.7 Å². The molecule has 0 aliphatic heterocycles. The van der Waals surface area contributed by atoms with E-state index in [0.717, 1.165) is 0 Å². The van der Waals surface area contributed by atoms with Gasteiger partial charge in [0.15, 0.2) is 0 Å². The summed E-state index contributed by atoms with van der Waals surface area (Å²) in [6.07, 6.45) is 4.74. The molecule has 0 aliphatic rings. The average Bonchev–Trinajstić information content (AvgIpc) is 3.16. The molecule has 1 aromatic carbocycles. The van der Waals surface area contributed by atoms with Crippen LogP contribution in [0.1, 0.15) is 0 Å². The number of carbonyl (C=O) groups excluding carboxylic acids is 1. The number of aromatic nitrogens is 2. The van der Waals surface area contributed by atoms with Crippen LogP contribution in [0.3, 0.4) is 0 Å². The molecule has 0 atom stereocenters. The van der Waals surface area contributed by atoms with Crippen molar-refractivity contribution in [3.05, 3.63) is 71.9 Å². The van der Waals surface area contributed by atoms with E-state index in [1.54, 1.807) is 35.9 Å². The van der Waals surface area contributed by atoms with Crippen molar-refractivity contribution in [2.75, 3.05) is 5.01 Å². The highest BCUT2D eigenvalue weighted by Crippen LogP contribution is 2.13. The van der Waals surface area contributed by atoms with Crippen molar-refractivity contribution < 1.29 is 4.79 Å². The minimum absolute atomic E-state index is 0.556. The Morgan fingerprint density at radius 2 is 1.85 bits per heavy atom. The van der Waals surface area contributed by atoms with Gasteiger partial charge in [0.25, 0.3) is 0 Å². The van der Waals surface area contributed by atoms with Crippen LogP contribution in [0.15, 0.2) is 71.9 Å². The number of hydrogen-bond donors (Lipinski definition) is 1. The molecule has 0 bridgehead atoms. The third-order valence-corrected chi connectivity index (χ3v) is 2.98. The van der Waals surface area contributed by atoms with Crippen LogP contribution in [0.25, 0.3) is 0 Å². The number of imidazole rings is 1. The fraction of sp³-hybridized carbons (Fsp3) is 0. The number of hydrogen-bond acceptors (Lipinski definition) is 3. The van der Waals surface area contributed by atoms with Gasteiger partial charge in [-0.2, -0.15) is 16.3 Å². The number of nitrogens with two attached hydrogens (primary N) is 1. The molecule has 0 fully saturated rings. The summed E-state index contributed by atoms with van der Waals surface area (Å²) in [6.45, 7) is 0. The maximum Gasteiger partial charge on any atom is 0.338 e. The molecule has 20 heavy (non-hydrogen) atoms. The number of thiophene rings is 1. The number of amides is 2. The minimum Gasteiger partial charge on any atom is -0.350 e. The van der Waals surface area contributed by atoms with Gasteiger partial charge < -0.3 is 5.73 Å². The van der Waals surface area contributed by atoms with Gasteiger partial charge in [0, 0.05) is 12.4 Å². The largest absolute Gasteiger partial charge is 0.350 e. The summed E-state index contributed by atoms with van der Waals surface area (Å²) in [5.41, 5.74) is 6.00. The lowest BCUT2D eigenvalue weighted by molar-refractivity contribution is 0.252. The Hall–Kier alpha value is -2.60.